The van der Waals surface area contributed by atoms with Gasteiger partial charge in [0, 0.05) is 10.8 Å². The topological polar surface area (TPSA) is 38.9 Å². The lowest BCUT2D eigenvalue weighted by atomic mass is 9.93. The highest BCUT2D eigenvalue weighted by atomic mass is 32.1. The third kappa shape index (κ3) is 2.88. The van der Waals surface area contributed by atoms with Crippen molar-refractivity contribution in [3.63, 3.8) is 0 Å². The van der Waals surface area contributed by atoms with Gasteiger partial charge in [-0.3, -0.25) is 0 Å². The van der Waals surface area contributed by atoms with E-state index in [-0.39, 0.29) is 11.5 Å². The van der Waals surface area contributed by atoms with E-state index in [1.807, 2.05) is 0 Å². The van der Waals surface area contributed by atoms with Gasteiger partial charge in [0.1, 0.15) is 5.01 Å². The van der Waals surface area contributed by atoms with Gasteiger partial charge in [0.25, 0.3) is 0 Å². The smallest absolute Gasteiger partial charge is 0.114 e. The summed E-state index contributed by atoms with van der Waals surface area (Å²) < 4.78 is 0. The van der Waals surface area contributed by atoms with E-state index in [0.717, 1.165) is 10.7 Å². The van der Waals surface area contributed by atoms with E-state index in [0.29, 0.717) is 0 Å². The first-order chi connectivity index (χ1) is 8.80. The van der Waals surface area contributed by atoms with Crippen LogP contribution in [0.25, 0.3) is 0 Å². The first kappa shape index (κ1) is 14.2. The SMILES string of the molecule is Cc1cccc(C(N)c2nc(C(C)(C)C)cs2)c1C. The molecule has 0 fully saturated rings. The van der Waals surface area contributed by atoms with E-state index < -0.39 is 0 Å². The lowest BCUT2D eigenvalue weighted by Crippen LogP contribution is -2.16. The van der Waals surface area contributed by atoms with Crippen molar-refractivity contribution in [2.75, 3.05) is 0 Å². The monoisotopic (exact) mass is 274 g/mol. The number of benzene rings is 1. The minimum atomic E-state index is -0.124. The second-order valence-corrected chi connectivity index (χ2v) is 6.98. The highest BCUT2D eigenvalue weighted by Gasteiger charge is 2.21. The molecule has 3 heteroatoms. The molecule has 1 unspecified atom stereocenters. The van der Waals surface area contributed by atoms with E-state index in [4.69, 9.17) is 10.7 Å². The maximum Gasteiger partial charge on any atom is 0.114 e. The predicted molar refractivity (Wildman–Crippen MR) is 82.8 cm³/mol. The molecule has 0 aliphatic carbocycles. The van der Waals surface area contributed by atoms with Gasteiger partial charge in [0.2, 0.25) is 0 Å². The fraction of sp³-hybridized carbons (Fsp3) is 0.438. The minimum Gasteiger partial charge on any atom is -0.318 e. The molecule has 2 aromatic rings. The molecule has 0 aliphatic rings. The largest absolute Gasteiger partial charge is 0.318 e. The van der Waals surface area contributed by atoms with Crippen LogP contribution in [0.15, 0.2) is 23.6 Å². The Bertz CT molecular complexity index is 579. The zero-order valence-corrected chi connectivity index (χ0v) is 13.1. The molecule has 0 saturated heterocycles. The molecule has 1 heterocycles. The molecule has 2 N–H and O–H groups in total. The van der Waals surface area contributed by atoms with Crippen molar-refractivity contribution in [2.24, 2.45) is 5.73 Å². The van der Waals surface area contributed by atoms with Crippen LogP contribution in [0, 0.1) is 13.8 Å². The molecule has 102 valence electrons. The summed E-state index contributed by atoms with van der Waals surface area (Å²) in [6.07, 6.45) is 0. The summed E-state index contributed by atoms with van der Waals surface area (Å²) in [5, 5.41) is 3.12. The molecule has 2 nitrogen and oxygen atoms in total. The Morgan fingerprint density at radius 3 is 2.47 bits per heavy atom. The second kappa shape index (κ2) is 5.06. The Morgan fingerprint density at radius 1 is 1.21 bits per heavy atom. The van der Waals surface area contributed by atoms with Crippen molar-refractivity contribution in [1.29, 1.82) is 0 Å². The van der Waals surface area contributed by atoms with Crippen molar-refractivity contribution < 1.29 is 0 Å². The number of hydrogen-bond acceptors (Lipinski definition) is 3. The van der Waals surface area contributed by atoms with Crippen LogP contribution in [-0.4, -0.2) is 4.98 Å². The lowest BCUT2D eigenvalue weighted by molar-refractivity contribution is 0.569. The average Bonchev–Trinajstić information content (AvgIpc) is 2.81. The summed E-state index contributed by atoms with van der Waals surface area (Å²) in [5.41, 5.74) is 11.3. The maximum atomic E-state index is 6.39. The minimum absolute atomic E-state index is 0.0795. The number of thiazole rings is 1. The molecular formula is C16H22N2S. The van der Waals surface area contributed by atoms with Crippen LogP contribution in [-0.2, 0) is 5.41 Å². The molecular weight excluding hydrogens is 252 g/mol. The quantitative estimate of drug-likeness (QED) is 0.895. The highest BCUT2D eigenvalue weighted by molar-refractivity contribution is 7.09. The number of hydrogen-bond donors (Lipinski definition) is 1. The average molecular weight is 274 g/mol. The van der Waals surface area contributed by atoms with Crippen LogP contribution in [0.4, 0.5) is 0 Å². The van der Waals surface area contributed by atoms with E-state index in [2.05, 4.69) is 58.2 Å². The summed E-state index contributed by atoms with van der Waals surface area (Å²) in [5.74, 6) is 0. The highest BCUT2D eigenvalue weighted by Crippen LogP contribution is 2.30. The molecule has 0 spiro atoms. The van der Waals surface area contributed by atoms with Crippen molar-refractivity contribution in [3.05, 3.63) is 51.0 Å². The van der Waals surface area contributed by atoms with Gasteiger partial charge in [0.05, 0.1) is 11.7 Å². The predicted octanol–water partition coefficient (Wildman–Crippen LogP) is 4.11. The normalized spacial score (nSPS) is 13.6. The third-order valence-electron chi connectivity index (χ3n) is 3.54. The van der Waals surface area contributed by atoms with E-state index in [9.17, 15) is 0 Å². The van der Waals surface area contributed by atoms with Crippen LogP contribution in [0.3, 0.4) is 0 Å². The van der Waals surface area contributed by atoms with Crippen molar-refractivity contribution in [2.45, 2.75) is 46.1 Å². The number of nitrogens with two attached hydrogens (primary N) is 1. The molecule has 0 amide bonds. The molecule has 0 bridgehead atoms. The van der Waals surface area contributed by atoms with Crippen molar-refractivity contribution in [1.82, 2.24) is 4.98 Å². The van der Waals surface area contributed by atoms with Gasteiger partial charge in [0.15, 0.2) is 0 Å². The van der Waals surface area contributed by atoms with Crippen LogP contribution in [0.5, 0.6) is 0 Å². The van der Waals surface area contributed by atoms with Crippen molar-refractivity contribution >= 4 is 11.3 Å². The van der Waals surface area contributed by atoms with Crippen molar-refractivity contribution in [3.8, 4) is 0 Å². The first-order valence-corrected chi connectivity index (χ1v) is 7.46. The molecule has 1 aromatic heterocycles. The first-order valence-electron chi connectivity index (χ1n) is 6.58. The van der Waals surface area contributed by atoms with Gasteiger partial charge in [-0.2, -0.15) is 0 Å². The number of rotatable bonds is 2. The van der Waals surface area contributed by atoms with Gasteiger partial charge in [-0.05, 0) is 30.5 Å². The molecule has 0 saturated carbocycles. The maximum absolute atomic E-state index is 6.39. The Hall–Kier alpha value is -1.19. The van der Waals surface area contributed by atoms with Gasteiger partial charge in [-0.1, -0.05) is 39.0 Å². The summed E-state index contributed by atoms with van der Waals surface area (Å²) in [4.78, 5) is 4.72. The van der Waals surface area contributed by atoms with E-state index in [1.165, 1.54) is 16.7 Å². The Kier molecular flexibility index (Phi) is 3.79. The molecule has 0 radical (unpaired) electrons. The lowest BCUT2D eigenvalue weighted by Gasteiger charge is -2.16. The zero-order valence-electron chi connectivity index (χ0n) is 12.3. The standard InChI is InChI=1S/C16H22N2S/c1-10-7-6-8-12(11(10)2)14(17)15-18-13(9-19-15)16(3,4)5/h6-9,14H,17H2,1-5H3. The second-order valence-electron chi connectivity index (χ2n) is 6.09. The Balaban J connectivity index is 2.37. The zero-order chi connectivity index (χ0) is 14.2. The fourth-order valence-electron chi connectivity index (χ4n) is 2.02. The summed E-state index contributed by atoms with van der Waals surface area (Å²) in [7, 11) is 0. The van der Waals surface area contributed by atoms with Crippen LogP contribution >= 0.6 is 11.3 Å². The molecule has 19 heavy (non-hydrogen) atoms. The van der Waals surface area contributed by atoms with E-state index in [1.54, 1.807) is 11.3 Å². The Morgan fingerprint density at radius 2 is 1.89 bits per heavy atom. The molecule has 2 rings (SSSR count). The summed E-state index contributed by atoms with van der Waals surface area (Å²) >= 11 is 1.66. The van der Waals surface area contributed by atoms with Crippen LogP contribution in [0.2, 0.25) is 0 Å². The van der Waals surface area contributed by atoms with Crippen LogP contribution < -0.4 is 5.73 Å². The molecule has 1 atom stereocenters. The van der Waals surface area contributed by atoms with Crippen LogP contribution in [0.1, 0.15) is 54.2 Å². The molecule has 1 aromatic carbocycles. The van der Waals surface area contributed by atoms with Gasteiger partial charge in [-0.25, -0.2) is 4.98 Å². The van der Waals surface area contributed by atoms with Gasteiger partial charge in [-0.15, -0.1) is 11.3 Å². The van der Waals surface area contributed by atoms with Gasteiger partial charge < -0.3 is 5.73 Å². The molecule has 0 aliphatic heterocycles. The number of aromatic nitrogens is 1. The summed E-state index contributed by atoms with van der Waals surface area (Å²) in [6.45, 7) is 10.8. The number of nitrogens with zero attached hydrogens (tertiary/aromatic N) is 1. The van der Waals surface area contributed by atoms with Gasteiger partial charge >= 0.3 is 0 Å². The number of aryl methyl sites for hydroxylation is 1. The Labute approximate surface area is 119 Å². The van der Waals surface area contributed by atoms with E-state index >= 15 is 0 Å². The fourth-order valence-corrected chi connectivity index (χ4v) is 3.08. The third-order valence-corrected chi connectivity index (χ3v) is 4.47. The summed E-state index contributed by atoms with van der Waals surface area (Å²) in [6, 6.07) is 6.16.